The highest BCUT2D eigenvalue weighted by Crippen LogP contribution is 2.30. The molecule has 0 spiro atoms. The van der Waals surface area contributed by atoms with Gasteiger partial charge in [-0.3, -0.25) is 0 Å². The molecule has 0 amide bonds. The molecule has 0 saturated heterocycles. The third-order valence-electron chi connectivity index (χ3n) is 1.94. The average molecular weight is 299 g/mol. The Morgan fingerprint density at radius 3 is 2.69 bits per heavy atom. The molecule has 0 atom stereocenters. The number of rotatable bonds is 2. The van der Waals surface area contributed by atoms with Gasteiger partial charge in [0.2, 0.25) is 0 Å². The number of benzene rings is 2. The van der Waals surface area contributed by atoms with Gasteiger partial charge >= 0.3 is 0 Å². The van der Waals surface area contributed by atoms with Crippen LogP contribution in [0.5, 0.6) is 11.5 Å². The molecule has 0 aliphatic carbocycles. The molecule has 0 fully saturated rings. The fourth-order valence-corrected chi connectivity index (χ4v) is 1.77. The Bertz CT molecular complexity index is 516. The maximum Gasteiger partial charge on any atom is 0.144 e. The summed E-state index contributed by atoms with van der Waals surface area (Å²) in [6.07, 6.45) is 0. The molecule has 4 heteroatoms. The summed E-state index contributed by atoms with van der Waals surface area (Å²) in [5.74, 6) is 0.734. The van der Waals surface area contributed by atoms with E-state index in [2.05, 4.69) is 28.6 Å². The van der Waals surface area contributed by atoms with E-state index < -0.39 is 0 Å². The molecule has 0 aromatic heterocycles. The molecule has 82 valence electrons. The van der Waals surface area contributed by atoms with Crippen LogP contribution in [0.3, 0.4) is 0 Å². The first-order valence-electron chi connectivity index (χ1n) is 4.57. The van der Waals surface area contributed by atoms with E-state index >= 15 is 0 Å². The van der Waals surface area contributed by atoms with Gasteiger partial charge in [-0.25, -0.2) is 4.39 Å². The van der Waals surface area contributed by atoms with Crippen molar-refractivity contribution in [2.75, 3.05) is 0 Å². The van der Waals surface area contributed by atoms with Gasteiger partial charge in [0.05, 0.1) is 4.47 Å². The molecule has 0 heterocycles. The summed E-state index contributed by atoms with van der Waals surface area (Å²) in [6.45, 7) is 0. The van der Waals surface area contributed by atoms with Crippen molar-refractivity contribution in [3.63, 3.8) is 0 Å². The van der Waals surface area contributed by atoms with Crippen molar-refractivity contribution in [2.24, 2.45) is 0 Å². The summed E-state index contributed by atoms with van der Waals surface area (Å²) < 4.78 is 19.3. The highest BCUT2D eigenvalue weighted by atomic mass is 79.9. The predicted octanol–water partition coefficient (Wildman–Crippen LogP) is 4.67. The Hall–Kier alpha value is -1.00. The Kier molecular flexibility index (Phi) is 3.51. The zero-order valence-corrected chi connectivity index (χ0v) is 10.6. The average Bonchev–Trinajstić information content (AvgIpc) is 2.24. The Balaban J connectivity index is 2.30. The molecule has 0 N–H and O–H groups in total. The van der Waals surface area contributed by atoms with Crippen molar-refractivity contribution in [2.45, 2.75) is 4.90 Å². The SMILES string of the molecule is Fc1ccc(Br)c(Oc2cccc(S)c2)c1. The second-order valence-corrected chi connectivity index (χ2v) is 4.54. The Morgan fingerprint density at radius 2 is 1.94 bits per heavy atom. The van der Waals surface area contributed by atoms with E-state index in [0.717, 1.165) is 4.90 Å². The standard InChI is InChI=1S/C12H8BrFOS/c13-11-5-4-8(14)6-12(11)15-9-2-1-3-10(16)7-9/h1-7,16H. The molecular weight excluding hydrogens is 291 g/mol. The van der Waals surface area contributed by atoms with Crippen molar-refractivity contribution in [1.29, 1.82) is 0 Å². The van der Waals surface area contributed by atoms with E-state index in [0.29, 0.717) is 16.0 Å². The van der Waals surface area contributed by atoms with Crippen LogP contribution in [0.1, 0.15) is 0 Å². The molecular formula is C12H8BrFOS. The van der Waals surface area contributed by atoms with Gasteiger partial charge in [0.1, 0.15) is 17.3 Å². The first-order chi connectivity index (χ1) is 7.65. The molecule has 0 unspecified atom stereocenters. The van der Waals surface area contributed by atoms with E-state index in [1.165, 1.54) is 12.1 Å². The molecule has 2 rings (SSSR count). The van der Waals surface area contributed by atoms with E-state index in [1.807, 2.05) is 12.1 Å². The van der Waals surface area contributed by atoms with Crippen molar-refractivity contribution >= 4 is 28.6 Å². The van der Waals surface area contributed by atoms with Gasteiger partial charge in [-0.1, -0.05) is 6.07 Å². The lowest BCUT2D eigenvalue weighted by atomic mass is 10.3. The highest BCUT2D eigenvalue weighted by Gasteiger charge is 2.04. The van der Waals surface area contributed by atoms with Crippen LogP contribution in [0.25, 0.3) is 0 Å². The van der Waals surface area contributed by atoms with Crippen molar-refractivity contribution in [3.8, 4) is 11.5 Å². The third-order valence-corrected chi connectivity index (χ3v) is 2.87. The number of ether oxygens (including phenoxy) is 1. The summed E-state index contributed by atoms with van der Waals surface area (Å²) in [7, 11) is 0. The number of hydrogen-bond donors (Lipinski definition) is 1. The van der Waals surface area contributed by atoms with E-state index in [9.17, 15) is 4.39 Å². The number of halogens is 2. The summed E-state index contributed by atoms with van der Waals surface area (Å²) in [6, 6.07) is 11.5. The minimum absolute atomic E-state index is 0.333. The maximum absolute atomic E-state index is 13.0. The normalized spacial score (nSPS) is 10.2. The van der Waals surface area contributed by atoms with Crippen LogP contribution < -0.4 is 4.74 Å². The highest BCUT2D eigenvalue weighted by molar-refractivity contribution is 9.10. The molecule has 0 aliphatic rings. The van der Waals surface area contributed by atoms with Crippen molar-refractivity contribution in [1.82, 2.24) is 0 Å². The van der Waals surface area contributed by atoms with Crippen LogP contribution in [0, 0.1) is 5.82 Å². The van der Waals surface area contributed by atoms with Gasteiger partial charge in [0.15, 0.2) is 0 Å². The predicted molar refractivity (Wildman–Crippen MR) is 67.9 cm³/mol. The van der Waals surface area contributed by atoms with E-state index in [4.69, 9.17) is 4.74 Å². The maximum atomic E-state index is 13.0. The summed E-state index contributed by atoms with van der Waals surface area (Å²) in [5, 5.41) is 0. The van der Waals surface area contributed by atoms with Crippen LogP contribution >= 0.6 is 28.6 Å². The molecule has 16 heavy (non-hydrogen) atoms. The molecule has 0 aliphatic heterocycles. The Morgan fingerprint density at radius 1 is 1.12 bits per heavy atom. The fraction of sp³-hybridized carbons (Fsp3) is 0. The quantitative estimate of drug-likeness (QED) is 0.793. The molecule has 1 nitrogen and oxygen atoms in total. The summed E-state index contributed by atoms with van der Waals surface area (Å²) >= 11 is 7.50. The van der Waals surface area contributed by atoms with Crippen LogP contribution in [0.15, 0.2) is 51.8 Å². The van der Waals surface area contributed by atoms with Crippen LogP contribution in [-0.4, -0.2) is 0 Å². The lowest BCUT2D eigenvalue weighted by molar-refractivity contribution is 0.472. The zero-order chi connectivity index (χ0) is 11.5. The molecule has 0 saturated carbocycles. The van der Waals surface area contributed by atoms with Gasteiger partial charge in [-0.15, -0.1) is 12.6 Å². The summed E-state index contributed by atoms with van der Waals surface area (Å²) in [5.41, 5.74) is 0. The summed E-state index contributed by atoms with van der Waals surface area (Å²) in [4.78, 5) is 0.796. The van der Waals surface area contributed by atoms with Crippen molar-refractivity contribution < 1.29 is 9.13 Å². The first-order valence-corrected chi connectivity index (χ1v) is 5.81. The van der Waals surface area contributed by atoms with Gasteiger partial charge in [-0.2, -0.15) is 0 Å². The van der Waals surface area contributed by atoms with Gasteiger partial charge in [0, 0.05) is 11.0 Å². The third kappa shape index (κ3) is 2.77. The number of thiol groups is 1. The molecule has 0 radical (unpaired) electrons. The first kappa shape index (κ1) is 11.5. The second kappa shape index (κ2) is 4.89. The van der Waals surface area contributed by atoms with E-state index in [1.54, 1.807) is 18.2 Å². The lowest BCUT2D eigenvalue weighted by Crippen LogP contribution is -1.86. The number of hydrogen-bond acceptors (Lipinski definition) is 2. The van der Waals surface area contributed by atoms with Crippen LogP contribution in [-0.2, 0) is 0 Å². The van der Waals surface area contributed by atoms with Crippen LogP contribution in [0.2, 0.25) is 0 Å². The minimum atomic E-state index is -0.333. The molecule has 2 aromatic rings. The van der Waals surface area contributed by atoms with Gasteiger partial charge < -0.3 is 4.74 Å². The Labute approximate surface area is 107 Å². The van der Waals surface area contributed by atoms with Crippen molar-refractivity contribution in [3.05, 3.63) is 52.8 Å². The van der Waals surface area contributed by atoms with E-state index in [-0.39, 0.29) is 5.82 Å². The minimum Gasteiger partial charge on any atom is -0.456 e. The smallest absolute Gasteiger partial charge is 0.144 e. The lowest BCUT2D eigenvalue weighted by Gasteiger charge is -2.07. The topological polar surface area (TPSA) is 9.23 Å². The molecule has 2 aromatic carbocycles. The van der Waals surface area contributed by atoms with Gasteiger partial charge in [0.25, 0.3) is 0 Å². The fourth-order valence-electron chi connectivity index (χ4n) is 1.23. The molecule has 0 bridgehead atoms. The second-order valence-electron chi connectivity index (χ2n) is 3.17. The van der Waals surface area contributed by atoms with Gasteiger partial charge in [-0.05, 0) is 46.3 Å². The largest absolute Gasteiger partial charge is 0.456 e. The zero-order valence-electron chi connectivity index (χ0n) is 8.15. The monoisotopic (exact) mass is 298 g/mol. The van der Waals surface area contributed by atoms with Crippen LogP contribution in [0.4, 0.5) is 4.39 Å².